The highest BCUT2D eigenvalue weighted by molar-refractivity contribution is 5.92. The maximum absolute atomic E-state index is 13.6. The molecule has 0 saturated carbocycles. The van der Waals surface area contributed by atoms with Crippen molar-refractivity contribution in [2.24, 2.45) is 0 Å². The number of carbonyl (C=O) groups is 1. The Bertz CT molecular complexity index is 705. The highest BCUT2D eigenvalue weighted by Crippen LogP contribution is 2.11. The summed E-state index contributed by atoms with van der Waals surface area (Å²) in [5.41, 5.74) is 1.45. The van der Waals surface area contributed by atoms with Crippen LogP contribution in [0.15, 0.2) is 30.3 Å². The molecule has 0 atom stereocenters. The number of hydrogen-bond acceptors (Lipinski definition) is 4. The summed E-state index contributed by atoms with van der Waals surface area (Å²) < 4.78 is 13.6. The first kappa shape index (κ1) is 17.8. The molecule has 0 aliphatic heterocycles. The average Bonchev–Trinajstić information content (AvgIpc) is 2.58. The first-order valence-electron chi connectivity index (χ1n) is 8.09. The molecule has 6 heteroatoms. The minimum absolute atomic E-state index is 0.121. The standard InChI is InChI=1S/C18H23FN4O/c1-4-5-10-23(3)18-21-13(2)11-16(22-18)17(24)20-12-14-8-6-7-9-15(14)19/h6-9,11H,4-5,10,12H2,1-3H3,(H,20,24). The van der Waals surface area contributed by atoms with E-state index < -0.39 is 0 Å². The van der Waals surface area contributed by atoms with E-state index in [9.17, 15) is 9.18 Å². The summed E-state index contributed by atoms with van der Waals surface area (Å²) >= 11 is 0. The number of hydrogen-bond donors (Lipinski definition) is 1. The van der Waals surface area contributed by atoms with Crippen molar-refractivity contribution in [1.82, 2.24) is 15.3 Å². The van der Waals surface area contributed by atoms with Crippen LogP contribution in [0.5, 0.6) is 0 Å². The third-order valence-corrected chi connectivity index (χ3v) is 3.66. The Morgan fingerprint density at radius 1 is 1.29 bits per heavy atom. The van der Waals surface area contributed by atoms with Gasteiger partial charge in [-0.2, -0.15) is 0 Å². The number of unbranched alkanes of at least 4 members (excludes halogenated alkanes) is 1. The molecule has 0 unspecified atom stereocenters. The second-order valence-electron chi connectivity index (χ2n) is 5.74. The van der Waals surface area contributed by atoms with Crippen molar-refractivity contribution >= 4 is 11.9 Å². The van der Waals surface area contributed by atoms with Gasteiger partial charge in [-0.3, -0.25) is 4.79 Å². The van der Waals surface area contributed by atoms with Gasteiger partial charge in [-0.05, 0) is 25.5 Å². The van der Waals surface area contributed by atoms with E-state index in [1.54, 1.807) is 24.3 Å². The number of halogens is 1. The van der Waals surface area contributed by atoms with Gasteiger partial charge in [0.05, 0.1) is 0 Å². The largest absolute Gasteiger partial charge is 0.347 e. The van der Waals surface area contributed by atoms with Crippen LogP contribution in [-0.2, 0) is 6.54 Å². The number of carbonyl (C=O) groups excluding carboxylic acids is 1. The summed E-state index contributed by atoms with van der Waals surface area (Å²) in [6, 6.07) is 8.00. The van der Waals surface area contributed by atoms with E-state index >= 15 is 0 Å². The average molecular weight is 330 g/mol. The maximum Gasteiger partial charge on any atom is 0.270 e. The Morgan fingerprint density at radius 3 is 2.75 bits per heavy atom. The van der Waals surface area contributed by atoms with Gasteiger partial charge in [0, 0.05) is 31.4 Å². The number of aromatic nitrogens is 2. The van der Waals surface area contributed by atoms with Crippen LogP contribution in [0.3, 0.4) is 0 Å². The summed E-state index contributed by atoms with van der Waals surface area (Å²) in [6.07, 6.45) is 2.11. The number of rotatable bonds is 7. The molecule has 1 N–H and O–H groups in total. The molecule has 1 amide bonds. The van der Waals surface area contributed by atoms with Gasteiger partial charge in [0.15, 0.2) is 0 Å². The highest BCUT2D eigenvalue weighted by Gasteiger charge is 2.13. The second kappa shape index (κ2) is 8.38. The zero-order valence-corrected chi connectivity index (χ0v) is 14.3. The second-order valence-corrected chi connectivity index (χ2v) is 5.74. The number of nitrogens with one attached hydrogen (secondary N) is 1. The molecule has 2 aromatic rings. The van der Waals surface area contributed by atoms with Gasteiger partial charge in [-0.1, -0.05) is 31.5 Å². The van der Waals surface area contributed by atoms with Crippen molar-refractivity contribution in [3.63, 3.8) is 0 Å². The van der Waals surface area contributed by atoms with Crippen LogP contribution < -0.4 is 10.2 Å². The molecule has 1 aromatic carbocycles. The predicted octanol–water partition coefficient (Wildman–Crippen LogP) is 3.09. The number of aryl methyl sites for hydroxylation is 1. The lowest BCUT2D eigenvalue weighted by molar-refractivity contribution is 0.0945. The Balaban J connectivity index is 2.08. The van der Waals surface area contributed by atoms with Crippen LogP contribution in [-0.4, -0.2) is 29.5 Å². The topological polar surface area (TPSA) is 58.1 Å². The molecule has 0 radical (unpaired) electrons. The molecular weight excluding hydrogens is 307 g/mol. The molecule has 0 spiro atoms. The minimum atomic E-state index is -0.339. The summed E-state index contributed by atoms with van der Waals surface area (Å²) in [7, 11) is 1.91. The van der Waals surface area contributed by atoms with Crippen LogP contribution in [0.1, 0.15) is 41.5 Å². The van der Waals surface area contributed by atoms with E-state index in [1.807, 2.05) is 18.9 Å². The molecule has 1 heterocycles. The van der Waals surface area contributed by atoms with Crippen LogP contribution in [0.2, 0.25) is 0 Å². The van der Waals surface area contributed by atoms with E-state index in [1.165, 1.54) is 6.07 Å². The maximum atomic E-state index is 13.6. The van der Waals surface area contributed by atoms with Gasteiger partial charge < -0.3 is 10.2 Å². The molecule has 0 saturated heterocycles. The third-order valence-electron chi connectivity index (χ3n) is 3.66. The van der Waals surface area contributed by atoms with E-state index in [4.69, 9.17) is 0 Å². The van der Waals surface area contributed by atoms with Gasteiger partial charge in [0.25, 0.3) is 5.91 Å². The van der Waals surface area contributed by atoms with Gasteiger partial charge >= 0.3 is 0 Å². The fourth-order valence-electron chi connectivity index (χ4n) is 2.24. The van der Waals surface area contributed by atoms with Crippen molar-refractivity contribution < 1.29 is 9.18 Å². The van der Waals surface area contributed by atoms with Crippen molar-refractivity contribution in [2.45, 2.75) is 33.2 Å². The minimum Gasteiger partial charge on any atom is -0.347 e. The van der Waals surface area contributed by atoms with Crippen LogP contribution in [0, 0.1) is 12.7 Å². The third kappa shape index (κ3) is 4.75. The molecule has 0 fully saturated rings. The Hall–Kier alpha value is -2.50. The van der Waals surface area contributed by atoms with Crippen LogP contribution in [0.4, 0.5) is 10.3 Å². The Labute approximate surface area is 141 Å². The number of nitrogens with zero attached hydrogens (tertiary/aromatic N) is 3. The summed E-state index contributed by atoms with van der Waals surface area (Å²) in [6.45, 7) is 4.89. The molecule has 24 heavy (non-hydrogen) atoms. The molecule has 0 aliphatic rings. The van der Waals surface area contributed by atoms with Crippen molar-refractivity contribution in [1.29, 1.82) is 0 Å². The molecule has 1 aromatic heterocycles. The quantitative estimate of drug-likeness (QED) is 0.847. The van der Waals surface area contributed by atoms with Gasteiger partial charge in [0.2, 0.25) is 5.95 Å². The summed E-state index contributed by atoms with van der Waals surface area (Å²) in [5.74, 6) is -0.148. The van der Waals surface area contributed by atoms with E-state index in [-0.39, 0.29) is 24.0 Å². The highest BCUT2D eigenvalue weighted by atomic mass is 19.1. The molecule has 128 valence electrons. The van der Waals surface area contributed by atoms with Crippen molar-refractivity contribution in [2.75, 3.05) is 18.5 Å². The van der Waals surface area contributed by atoms with E-state index in [0.717, 1.165) is 25.1 Å². The number of anilines is 1. The van der Waals surface area contributed by atoms with Crippen molar-refractivity contribution in [3.05, 3.63) is 53.1 Å². The number of benzene rings is 1. The van der Waals surface area contributed by atoms with Crippen molar-refractivity contribution in [3.8, 4) is 0 Å². The smallest absolute Gasteiger partial charge is 0.270 e. The molecule has 2 rings (SSSR count). The fourth-order valence-corrected chi connectivity index (χ4v) is 2.24. The monoisotopic (exact) mass is 330 g/mol. The van der Waals surface area contributed by atoms with Crippen LogP contribution in [0.25, 0.3) is 0 Å². The predicted molar refractivity (Wildman–Crippen MR) is 92.5 cm³/mol. The van der Waals surface area contributed by atoms with Gasteiger partial charge in [0.1, 0.15) is 11.5 Å². The zero-order chi connectivity index (χ0) is 17.5. The van der Waals surface area contributed by atoms with Gasteiger partial charge in [-0.25, -0.2) is 14.4 Å². The lowest BCUT2D eigenvalue weighted by Gasteiger charge is -2.17. The van der Waals surface area contributed by atoms with Crippen LogP contribution >= 0.6 is 0 Å². The SMILES string of the molecule is CCCCN(C)c1nc(C)cc(C(=O)NCc2ccccc2F)n1. The normalized spacial score (nSPS) is 10.5. The molecular formula is C18H23FN4O. The first-order chi connectivity index (χ1) is 11.5. The Kier molecular flexibility index (Phi) is 6.23. The van der Waals surface area contributed by atoms with E-state index in [2.05, 4.69) is 22.2 Å². The lowest BCUT2D eigenvalue weighted by atomic mass is 10.2. The molecule has 0 bridgehead atoms. The summed E-state index contributed by atoms with van der Waals surface area (Å²) in [4.78, 5) is 23.0. The summed E-state index contributed by atoms with van der Waals surface area (Å²) in [5, 5.41) is 2.70. The zero-order valence-electron chi connectivity index (χ0n) is 14.3. The molecule has 0 aliphatic carbocycles. The van der Waals surface area contributed by atoms with E-state index in [0.29, 0.717) is 11.5 Å². The lowest BCUT2D eigenvalue weighted by Crippen LogP contribution is -2.27. The fraction of sp³-hybridized carbons (Fsp3) is 0.389. The number of amides is 1. The first-order valence-corrected chi connectivity index (χ1v) is 8.09. The van der Waals surface area contributed by atoms with Gasteiger partial charge in [-0.15, -0.1) is 0 Å². The Morgan fingerprint density at radius 2 is 2.04 bits per heavy atom. The molecule has 5 nitrogen and oxygen atoms in total.